The third-order valence-corrected chi connectivity index (χ3v) is 4.51. The molecule has 4 rings (SSSR count). The second kappa shape index (κ2) is 6.26. The lowest BCUT2D eigenvalue weighted by Gasteiger charge is -2.11. The van der Waals surface area contributed by atoms with E-state index in [-0.39, 0.29) is 0 Å². The summed E-state index contributed by atoms with van der Waals surface area (Å²) in [6.07, 6.45) is 2.82. The smallest absolute Gasteiger partial charge is 0.100 e. The van der Waals surface area contributed by atoms with Crippen molar-refractivity contribution in [3.05, 3.63) is 84.2 Å². The first-order chi connectivity index (χ1) is 12.3. The highest BCUT2D eigenvalue weighted by Gasteiger charge is 2.08. The van der Waals surface area contributed by atoms with Crippen molar-refractivity contribution in [3.63, 3.8) is 0 Å². The highest BCUT2D eigenvalue weighted by Crippen LogP contribution is 2.27. The van der Waals surface area contributed by atoms with Gasteiger partial charge in [0.1, 0.15) is 6.33 Å². The molecule has 0 radical (unpaired) electrons. The van der Waals surface area contributed by atoms with Gasteiger partial charge in [0.15, 0.2) is 0 Å². The largest absolute Gasteiger partial charge is 0.299 e. The molecular weight excluding hydrogens is 306 g/mol. The van der Waals surface area contributed by atoms with Crippen molar-refractivity contribution in [2.75, 3.05) is 0 Å². The maximum absolute atomic E-state index is 9.05. The van der Waals surface area contributed by atoms with E-state index < -0.39 is 0 Å². The Kier molecular flexibility index (Phi) is 3.80. The van der Waals surface area contributed by atoms with Crippen molar-refractivity contribution in [1.29, 1.82) is 5.26 Å². The van der Waals surface area contributed by atoms with Crippen LogP contribution < -0.4 is 0 Å². The average Bonchev–Trinajstić information content (AvgIpc) is 3.11. The van der Waals surface area contributed by atoms with E-state index in [0.717, 1.165) is 23.1 Å². The first-order valence-electron chi connectivity index (χ1n) is 8.36. The molecule has 0 atom stereocenters. The maximum atomic E-state index is 9.05. The van der Waals surface area contributed by atoms with E-state index in [4.69, 9.17) is 5.26 Å². The lowest BCUT2D eigenvalue weighted by Crippen LogP contribution is -1.93. The zero-order valence-electron chi connectivity index (χ0n) is 14.0. The average molecular weight is 323 g/mol. The molecule has 120 valence electrons. The minimum Gasteiger partial charge on any atom is -0.299 e. The van der Waals surface area contributed by atoms with Gasteiger partial charge in [0, 0.05) is 5.69 Å². The molecule has 3 nitrogen and oxygen atoms in total. The maximum Gasteiger partial charge on any atom is 0.100 e. The first-order valence-corrected chi connectivity index (χ1v) is 8.36. The second-order valence-corrected chi connectivity index (χ2v) is 5.99. The summed E-state index contributed by atoms with van der Waals surface area (Å²) < 4.78 is 2.06. The Bertz CT molecular complexity index is 1100. The van der Waals surface area contributed by atoms with Gasteiger partial charge in [0.25, 0.3) is 0 Å². The molecule has 4 aromatic rings. The SMILES string of the molecule is CCc1ccccc1-c1cccc(-n2cnc3cc(C#N)ccc32)c1. The van der Waals surface area contributed by atoms with E-state index in [1.807, 2.05) is 24.5 Å². The molecule has 0 fully saturated rings. The highest BCUT2D eigenvalue weighted by atomic mass is 15.0. The van der Waals surface area contributed by atoms with Crippen LogP contribution >= 0.6 is 0 Å². The molecule has 0 bridgehead atoms. The molecule has 0 unspecified atom stereocenters. The van der Waals surface area contributed by atoms with Crippen molar-refractivity contribution in [3.8, 4) is 22.9 Å². The van der Waals surface area contributed by atoms with Crippen molar-refractivity contribution >= 4 is 11.0 Å². The van der Waals surface area contributed by atoms with Crippen LogP contribution in [0.1, 0.15) is 18.1 Å². The van der Waals surface area contributed by atoms with Crippen molar-refractivity contribution in [2.24, 2.45) is 0 Å². The molecule has 3 aromatic carbocycles. The molecule has 1 aromatic heterocycles. The molecule has 25 heavy (non-hydrogen) atoms. The lowest BCUT2D eigenvalue weighted by molar-refractivity contribution is 1.09. The summed E-state index contributed by atoms with van der Waals surface area (Å²) in [5, 5.41) is 9.05. The van der Waals surface area contributed by atoms with Crippen LogP contribution in [0.15, 0.2) is 73.1 Å². The van der Waals surface area contributed by atoms with Gasteiger partial charge >= 0.3 is 0 Å². The topological polar surface area (TPSA) is 41.6 Å². The number of imidazole rings is 1. The van der Waals surface area contributed by atoms with E-state index in [1.54, 1.807) is 0 Å². The Morgan fingerprint density at radius 3 is 2.72 bits per heavy atom. The lowest BCUT2D eigenvalue weighted by atomic mass is 9.98. The Balaban J connectivity index is 1.84. The van der Waals surface area contributed by atoms with Crippen LogP contribution in [0, 0.1) is 11.3 Å². The Labute approximate surface area is 146 Å². The fourth-order valence-electron chi connectivity index (χ4n) is 3.22. The van der Waals surface area contributed by atoms with E-state index in [1.165, 1.54) is 16.7 Å². The van der Waals surface area contributed by atoms with Gasteiger partial charge in [-0.2, -0.15) is 5.26 Å². The van der Waals surface area contributed by atoms with E-state index in [9.17, 15) is 0 Å². The number of aryl methyl sites for hydroxylation is 1. The van der Waals surface area contributed by atoms with Gasteiger partial charge in [-0.3, -0.25) is 4.57 Å². The van der Waals surface area contributed by atoms with Gasteiger partial charge in [0.2, 0.25) is 0 Å². The number of hydrogen-bond donors (Lipinski definition) is 0. The van der Waals surface area contributed by atoms with Gasteiger partial charge < -0.3 is 0 Å². The predicted molar refractivity (Wildman–Crippen MR) is 101 cm³/mol. The van der Waals surface area contributed by atoms with Crippen LogP contribution in [-0.4, -0.2) is 9.55 Å². The molecule has 0 spiro atoms. The zero-order valence-corrected chi connectivity index (χ0v) is 14.0. The number of hydrogen-bond acceptors (Lipinski definition) is 2. The fourth-order valence-corrected chi connectivity index (χ4v) is 3.22. The van der Waals surface area contributed by atoms with Gasteiger partial charge in [-0.1, -0.05) is 43.3 Å². The molecule has 0 amide bonds. The monoisotopic (exact) mass is 323 g/mol. The van der Waals surface area contributed by atoms with E-state index in [0.29, 0.717) is 5.56 Å². The van der Waals surface area contributed by atoms with E-state index >= 15 is 0 Å². The second-order valence-electron chi connectivity index (χ2n) is 5.99. The summed E-state index contributed by atoms with van der Waals surface area (Å²) in [6.45, 7) is 2.18. The summed E-state index contributed by atoms with van der Waals surface area (Å²) in [5.74, 6) is 0. The van der Waals surface area contributed by atoms with Gasteiger partial charge in [0.05, 0.1) is 22.7 Å². The molecule has 0 saturated heterocycles. The molecule has 0 N–H and O–H groups in total. The van der Waals surface area contributed by atoms with Crippen LogP contribution in [0.5, 0.6) is 0 Å². The Morgan fingerprint density at radius 2 is 1.88 bits per heavy atom. The minimum atomic E-state index is 0.628. The summed E-state index contributed by atoms with van der Waals surface area (Å²) in [7, 11) is 0. The van der Waals surface area contributed by atoms with Crippen molar-refractivity contribution < 1.29 is 0 Å². The molecule has 3 heteroatoms. The first kappa shape index (κ1) is 15.2. The number of nitrogens with zero attached hydrogens (tertiary/aromatic N) is 3. The summed E-state index contributed by atoms with van der Waals surface area (Å²) in [6, 6.07) is 24.8. The van der Waals surface area contributed by atoms with Crippen LogP contribution in [-0.2, 0) is 6.42 Å². The molecular formula is C22H17N3. The number of benzene rings is 3. The van der Waals surface area contributed by atoms with Crippen molar-refractivity contribution in [2.45, 2.75) is 13.3 Å². The van der Waals surface area contributed by atoms with Crippen molar-refractivity contribution in [1.82, 2.24) is 9.55 Å². The number of rotatable bonds is 3. The quantitative estimate of drug-likeness (QED) is 0.524. The van der Waals surface area contributed by atoms with Gasteiger partial charge in [-0.15, -0.1) is 0 Å². The Morgan fingerprint density at radius 1 is 1.00 bits per heavy atom. The number of nitriles is 1. The number of aromatic nitrogens is 2. The zero-order chi connectivity index (χ0) is 17.2. The van der Waals surface area contributed by atoms with Crippen LogP contribution in [0.2, 0.25) is 0 Å². The minimum absolute atomic E-state index is 0.628. The Hall–Kier alpha value is -3.38. The predicted octanol–water partition coefficient (Wildman–Crippen LogP) is 5.13. The number of fused-ring (bicyclic) bond motifs is 1. The standard InChI is InChI=1S/C22H17N3/c1-2-17-6-3-4-9-20(17)18-7-5-8-19(13-18)25-15-24-21-12-16(14-23)10-11-22(21)25/h3-13,15H,2H2,1H3. The molecule has 0 saturated carbocycles. The molecule has 1 heterocycles. The van der Waals surface area contributed by atoms with Gasteiger partial charge in [-0.25, -0.2) is 4.98 Å². The van der Waals surface area contributed by atoms with E-state index in [2.05, 4.69) is 71.1 Å². The third kappa shape index (κ3) is 2.68. The summed E-state index contributed by atoms with van der Waals surface area (Å²) in [4.78, 5) is 4.45. The van der Waals surface area contributed by atoms with Crippen LogP contribution in [0.3, 0.4) is 0 Å². The van der Waals surface area contributed by atoms with Crippen LogP contribution in [0.25, 0.3) is 27.8 Å². The molecule has 0 aliphatic heterocycles. The fraction of sp³-hybridized carbons (Fsp3) is 0.0909. The summed E-state index contributed by atoms with van der Waals surface area (Å²) >= 11 is 0. The third-order valence-electron chi connectivity index (χ3n) is 4.51. The normalized spacial score (nSPS) is 10.7. The van der Waals surface area contributed by atoms with Gasteiger partial charge in [-0.05, 0) is 53.4 Å². The highest BCUT2D eigenvalue weighted by molar-refractivity contribution is 5.79. The van der Waals surface area contributed by atoms with Crippen LogP contribution in [0.4, 0.5) is 0 Å². The molecule has 0 aliphatic carbocycles. The molecule has 0 aliphatic rings. The summed E-state index contributed by atoms with van der Waals surface area (Å²) in [5.41, 5.74) is 7.33.